The fourth-order valence-electron chi connectivity index (χ4n) is 2.85. The highest BCUT2D eigenvalue weighted by Crippen LogP contribution is 2.30. The molecule has 2 unspecified atom stereocenters. The van der Waals surface area contributed by atoms with Crippen molar-refractivity contribution >= 4 is 5.82 Å². The van der Waals surface area contributed by atoms with Gasteiger partial charge >= 0.3 is 0 Å². The van der Waals surface area contributed by atoms with Crippen LogP contribution < -0.4 is 5.32 Å². The van der Waals surface area contributed by atoms with Crippen LogP contribution in [0.2, 0.25) is 0 Å². The molecule has 0 aromatic carbocycles. The summed E-state index contributed by atoms with van der Waals surface area (Å²) in [6.07, 6.45) is 8.40. The first-order valence-electron chi connectivity index (χ1n) is 6.88. The average Bonchev–Trinajstić information content (AvgIpc) is 2.39. The largest absolute Gasteiger partial charge is 0.369 e. The molecule has 1 aromatic heterocycles. The van der Waals surface area contributed by atoms with E-state index >= 15 is 0 Å². The number of nitrogens with one attached hydrogen (secondary N) is 1. The van der Waals surface area contributed by atoms with E-state index in [4.69, 9.17) is 5.26 Å². The van der Waals surface area contributed by atoms with Crippen LogP contribution in [0, 0.1) is 23.2 Å². The molecule has 1 heterocycles. The summed E-state index contributed by atoms with van der Waals surface area (Å²) in [4.78, 5) is 4.21. The summed E-state index contributed by atoms with van der Waals surface area (Å²) in [6.45, 7) is 3.27. The summed E-state index contributed by atoms with van der Waals surface area (Å²) >= 11 is 0. The number of nitrogens with zero attached hydrogens (tertiary/aromatic N) is 2. The summed E-state index contributed by atoms with van der Waals surface area (Å²) in [5.41, 5.74) is 0.634. The Hall–Kier alpha value is -1.56. The zero-order chi connectivity index (χ0) is 12.8. The van der Waals surface area contributed by atoms with E-state index in [1.807, 2.05) is 0 Å². The van der Waals surface area contributed by atoms with Gasteiger partial charge in [-0.1, -0.05) is 26.2 Å². The summed E-state index contributed by atoms with van der Waals surface area (Å²) in [5.74, 6) is 2.45. The van der Waals surface area contributed by atoms with Crippen molar-refractivity contribution in [3.8, 4) is 6.07 Å². The Morgan fingerprint density at radius 1 is 1.50 bits per heavy atom. The molecule has 18 heavy (non-hydrogen) atoms. The zero-order valence-electron chi connectivity index (χ0n) is 11.0. The van der Waals surface area contributed by atoms with E-state index in [2.05, 4.69) is 23.3 Å². The standard InChI is InChI=1S/C15H21N3/c1-12-4-2-5-13(10-12)7-9-18-15-14(11-16)6-3-8-17-15/h3,6,8,12-13H,2,4-5,7,9-10H2,1H3,(H,17,18). The average molecular weight is 243 g/mol. The Morgan fingerprint density at radius 2 is 2.39 bits per heavy atom. The van der Waals surface area contributed by atoms with Crippen LogP contribution in [0.15, 0.2) is 18.3 Å². The van der Waals surface area contributed by atoms with Gasteiger partial charge in [0.1, 0.15) is 11.9 Å². The number of anilines is 1. The number of hydrogen-bond acceptors (Lipinski definition) is 3. The maximum atomic E-state index is 8.97. The molecule has 1 aromatic rings. The highest BCUT2D eigenvalue weighted by molar-refractivity contribution is 5.50. The van der Waals surface area contributed by atoms with Crippen LogP contribution in [0.5, 0.6) is 0 Å². The van der Waals surface area contributed by atoms with Gasteiger partial charge in [-0.25, -0.2) is 4.98 Å². The minimum absolute atomic E-state index is 0.634. The van der Waals surface area contributed by atoms with Crippen LogP contribution in [0.3, 0.4) is 0 Å². The second kappa shape index (κ2) is 6.39. The number of pyridine rings is 1. The van der Waals surface area contributed by atoms with Crippen LogP contribution >= 0.6 is 0 Å². The predicted molar refractivity (Wildman–Crippen MR) is 73.2 cm³/mol. The fraction of sp³-hybridized carbons (Fsp3) is 0.600. The van der Waals surface area contributed by atoms with E-state index < -0.39 is 0 Å². The Bertz CT molecular complexity index is 422. The molecule has 0 radical (unpaired) electrons. The lowest BCUT2D eigenvalue weighted by molar-refractivity contribution is 0.274. The molecule has 1 aliphatic rings. The van der Waals surface area contributed by atoms with Crippen LogP contribution in [-0.2, 0) is 0 Å². The Labute approximate surface area is 109 Å². The highest BCUT2D eigenvalue weighted by Gasteiger charge is 2.18. The molecule has 3 heteroatoms. The molecule has 1 N–H and O–H groups in total. The Kier molecular flexibility index (Phi) is 4.58. The van der Waals surface area contributed by atoms with Crippen molar-refractivity contribution in [2.75, 3.05) is 11.9 Å². The lowest BCUT2D eigenvalue weighted by atomic mass is 9.81. The van der Waals surface area contributed by atoms with E-state index in [-0.39, 0.29) is 0 Å². The van der Waals surface area contributed by atoms with Crippen LogP contribution in [0.1, 0.15) is 44.6 Å². The van der Waals surface area contributed by atoms with Crippen LogP contribution in [-0.4, -0.2) is 11.5 Å². The summed E-state index contributed by atoms with van der Waals surface area (Å²) in [6, 6.07) is 5.77. The van der Waals surface area contributed by atoms with Gasteiger partial charge < -0.3 is 5.32 Å². The molecule has 2 atom stereocenters. The van der Waals surface area contributed by atoms with Crippen LogP contribution in [0.25, 0.3) is 0 Å². The van der Waals surface area contributed by atoms with Crippen molar-refractivity contribution < 1.29 is 0 Å². The molecule has 0 amide bonds. The SMILES string of the molecule is CC1CCCC(CCNc2ncccc2C#N)C1. The molecule has 0 aliphatic heterocycles. The molecule has 0 saturated heterocycles. The smallest absolute Gasteiger partial charge is 0.143 e. The molecule has 1 aliphatic carbocycles. The van der Waals surface area contributed by atoms with Crippen molar-refractivity contribution in [1.82, 2.24) is 4.98 Å². The van der Waals surface area contributed by atoms with Crippen molar-refractivity contribution in [3.05, 3.63) is 23.9 Å². The summed E-state index contributed by atoms with van der Waals surface area (Å²) in [5, 5.41) is 12.3. The minimum atomic E-state index is 0.634. The molecule has 0 spiro atoms. The first kappa shape index (κ1) is 12.9. The van der Waals surface area contributed by atoms with Gasteiger partial charge in [0.05, 0.1) is 5.56 Å². The van der Waals surface area contributed by atoms with Crippen LogP contribution in [0.4, 0.5) is 5.82 Å². The normalized spacial score (nSPS) is 23.3. The number of nitriles is 1. The van der Waals surface area contributed by atoms with Crippen molar-refractivity contribution in [3.63, 3.8) is 0 Å². The molecule has 2 rings (SSSR count). The first-order chi connectivity index (χ1) is 8.79. The Morgan fingerprint density at radius 3 is 3.17 bits per heavy atom. The maximum absolute atomic E-state index is 8.97. The lowest BCUT2D eigenvalue weighted by Gasteiger charge is -2.26. The van der Waals surface area contributed by atoms with E-state index in [0.29, 0.717) is 5.56 Å². The minimum Gasteiger partial charge on any atom is -0.369 e. The van der Waals surface area contributed by atoms with Gasteiger partial charge in [-0.05, 0) is 36.8 Å². The number of aromatic nitrogens is 1. The fourth-order valence-corrected chi connectivity index (χ4v) is 2.85. The third kappa shape index (κ3) is 3.46. The van der Waals surface area contributed by atoms with Crippen molar-refractivity contribution in [2.24, 2.45) is 11.8 Å². The second-order valence-electron chi connectivity index (χ2n) is 5.36. The molecule has 1 fully saturated rings. The van der Waals surface area contributed by atoms with E-state index in [1.54, 1.807) is 18.3 Å². The number of rotatable bonds is 4. The number of hydrogen-bond donors (Lipinski definition) is 1. The van der Waals surface area contributed by atoms with Gasteiger partial charge in [0.25, 0.3) is 0 Å². The molecule has 1 saturated carbocycles. The van der Waals surface area contributed by atoms with Gasteiger partial charge in [0, 0.05) is 12.7 Å². The molecule has 96 valence electrons. The molecule has 0 bridgehead atoms. The van der Waals surface area contributed by atoms with Gasteiger partial charge in [-0.2, -0.15) is 5.26 Å². The van der Waals surface area contributed by atoms with E-state index in [1.165, 1.54) is 32.1 Å². The van der Waals surface area contributed by atoms with E-state index in [9.17, 15) is 0 Å². The Balaban J connectivity index is 1.80. The van der Waals surface area contributed by atoms with Gasteiger partial charge in [-0.15, -0.1) is 0 Å². The maximum Gasteiger partial charge on any atom is 0.143 e. The third-order valence-corrected chi connectivity index (χ3v) is 3.82. The monoisotopic (exact) mass is 243 g/mol. The summed E-state index contributed by atoms with van der Waals surface area (Å²) in [7, 11) is 0. The second-order valence-corrected chi connectivity index (χ2v) is 5.36. The van der Waals surface area contributed by atoms with Gasteiger partial charge in [0.2, 0.25) is 0 Å². The van der Waals surface area contributed by atoms with Gasteiger partial charge in [-0.3, -0.25) is 0 Å². The van der Waals surface area contributed by atoms with E-state index in [0.717, 1.165) is 24.2 Å². The molecule has 3 nitrogen and oxygen atoms in total. The first-order valence-corrected chi connectivity index (χ1v) is 6.88. The quantitative estimate of drug-likeness (QED) is 0.879. The van der Waals surface area contributed by atoms with Gasteiger partial charge in [0.15, 0.2) is 0 Å². The topological polar surface area (TPSA) is 48.7 Å². The lowest BCUT2D eigenvalue weighted by Crippen LogP contribution is -2.17. The zero-order valence-corrected chi connectivity index (χ0v) is 11.0. The summed E-state index contributed by atoms with van der Waals surface area (Å²) < 4.78 is 0. The molecular weight excluding hydrogens is 222 g/mol. The van der Waals surface area contributed by atoms with Crippen molar-refractivity contribution in [2.45, 2.75) is 39.0 Å². The highest BCUT2D eigenvalue weighted by atomic mass is 15.0. The molecular formula is C15H21N3. The third-order valence-electron chi connectivity index (χ3n) is 3.82. The van der Waals surface area contributed by atoms with Crippen molar-refractivity contribution in [1.29, 1.82) is 5.26 Å². The predicted octanol–water partition coefficient (Wildman–Crippen LogP) is 3.58.